The number of para-hydroxylation sites is 1. The minimum absolute atomic E-state index is 0.0894. The lowest BCUT2D eigenvalue weighted by Gasteiger charge is -2.33. The molecule has 1 aromatic carbocycles. The molecule has 1 aliphatic rings. The number of carbonyl (C=O) groups is 1. The van der Waals surface area contributed by atoms with Gasteiger partial charge in [-0.05, 0) is 38.1 Å². The highest BCUT2D eigenvalue weighted by Crippen LogP contribution is 2.24. The van der Waals surface area contributed by atoms with Crippen molar-refractivity contribution in [2.45, 2.75) is 19.9 Å². The van der Waals surface area contributed by atoms with Gasteiger partial charge in [0.2, 0.25) is 0 Å². The molecule has 1 fully saturated rings. The normalized spacial score (nSPS) is 15.8. The van der Waals surface area contributed by atoms with Crippen LogP contribution in [0.1, 0.15) is 33.6 Å². The molecule has 1 saturated heterocycles. The Kier molecular flexibility index (Phi) is 5.96. The minimum atomic E-state index is -0.392. The Bertz CT molecular complexity index is 1020. The van der Waals surface area contributed by atoms with Crippen molar-refractivity contribution in [1.29, 1.82) is 0 Å². The number of ether oxygens (including phenoxy) is 1. The molecule has 1 aliphatic heterocycles. The van der Waals surface area contributed by atoms with E-state index in [0.717, 1.165) is 24.6 Å². The van der Waals surface area contributed by atoms with Crippen LogP contribution >= 0.6 is 0 Å². The molecule has 1 atom stereocenters. The van der Waals surface area contributed by atoms with Gasteiger partial charge in [-0.25, -0.2) is 9.07 Å². The Morgan fingerprint density at radius 3 is 2.67 bits per heavy atom. The highest BCUT2D eigenvalue weighted by molar-refractivity contribution is 5.95. The first kappa shape index (κ1) is 20.3. The molecular formula is C22H25FN4O3. The molecule has 1 N–H and O–H groups in total. The number of hydrogen-bond acceptors (Lipinski definition) is 5. The van der Waals surface area contributed by atoms with Crippen LogP contribution in [0.15, 0.2) is 47.0 Å². The van der Waals surface area contributed by atoms with Crippen LogP contribution in [0.4, 0.5) is 4.39 Å². The molecule has 3 aromatic rings. The van der Waals surface area contributed by atoms with Crippen molar-refractivity contribution in [3.63, 3.8) is 0 Å². The number of halogens is 1. The highest BCUT2D eigenvalue weighted by atomic mass is 19.1. The van der Waals surface area contributed by atoms with Gasteiger partial charge in [0.05, 0.1) is 36.7 Å². The number of rotatable bonds is 6. The van der Waals surface area contributed by atoms with E-state index < -0.39 is 5.82 Å². The van der Waals surface area contributed by atoms with Gasteiger partial charge in [0.25, 0.3) is 5.91 Å². The van der Waals surface area contributed by atoms with Gasteiger partial charge in [-0.15, -0.1) is 0 Å². The maximum atomic E-state index is 14.1. The van der Waals surface area contributed by atoms with Crippen LogP contribution < -0.4 is 5.32 Å². The average Bonchev–Trinajstić information content (AvgIpc) is 3.35. The van der Waals surface area contributed by atoms with E-state index in [-0.39, 0.29) is 11.9 Å². The number of nitrogens with one attached hydrogen (secondary N) is 1. The zero-order valence-electron chi connectivity index (χ0n) is 17.1. The van der Waals surface area contributed by atoms with Crippen LogP contribution in [-0.2, 0) is 4.74 Å². The number of amides is 1. The fraction of sp³-hybridized carbons (Fsp3) is 0.364. The van der Waals surface area contributed by atoms with Gasteiger partial charge >= 0.3 is 0 Å². The predicted octanol–water partition coefficient (Wildman–Crippen LogP) is 3.02. The summed E-state index contributed by atoms with van der Waals surface area (Å²) >= 11 is 0. The number of furan rings is 1. The van der Waals surface area contributed by atoms with Gasteiger partial charge in [-0.1, -0.05) is 12.1 Å². The van der Waals surface area contributed by atoms with Crippen LogP contribution in [0.3, 0.4) is 0 Å². The van der Waals surface area contributed by atoms with Crippen LogP contribution in [-0.4, -0.2) is 53.4 Å². The molecule has 158 valence electrons. The molecule has 4 rings (SSSR count). The summed E-state index contributed by atoms with van der Waals surface area (Å²) in [5.74, 6) is 0.998. The molecule has 7 nitrogen and oxygen atoms in total. The molecule has 0 spiro atoms. The molecule has 2 aromatic heterocycles. The lowest BCUT2D eigenvalue weighted by atomic mass is 10.1. The molecule has 0 saturated carbocycles. The van der Waals surface area contributed by atoms with E-state index in [1.807, 2.05) is 19.1 Å². The summed E-state index contributed by atoms with van der Waals surface area (Å²) in [7, 11) is 0. The van der Waals surface area contributed by atoms with Crippen LogP contribution in [0.5, 0.6) is 0 Å². The summed E-state index contributed by atoms with van der Waals surface area (Å²) in [4.78, 5) is 15.1. The van der Waals surface area contributed by atoms with Crippen LogP contribution in [0, 0.1) is 19.7 Å². The maximum absolute atomic E-state index is 14.1. The number of carbonyl (C=O) groups excluding carboxylic acids is 1. The monoisotopic (exact) mass is 412 g/mol. The number of hydrogen-bond donors (Lipinski definition) is 1. The summed E-state index contributed by atoms with van der Waals surface area (Å²) in [6.45, 7) is 6.88. The Hall–Kier alpha value is -2.97. The molecule has 30 heavy (non-hydrogen) atoms. The topological polar surface area (TPSA) is 72.5 Å². The molecular weight excluding hydrogens is 387 g/mol. The zero-order chi connectivity index (χ0) is 21.1. The third-order valence-electron chi connectivity index (χ3n) is 5.37. The zero-order valence-corrected chi connectivity index (χ0v) is 17.1. The average molecular weight is 412 g/mol. The second kappa shape index (κ2) is 8.81. The Labute approximate surface area is 174 Å². The molecule has 0 bridgehead atoms. The van der Waals surface area contributed by atoms with E-state index in [0.29, 0.717) is 36.7 Å². The highest BCUT2D eigenvalue weighted by Gasteiger charge is 2.26. The van der Waals surface area contributed by atoms with Crippen molar-refractivity contribution in [1.82, 2.24) is 20.0 Å². The summed E-state index contributed by atoms with van der Waals surface area (Å²) < 4.78 is 26.9. The number of morpholine rings is 1. The molecule has 1 amide bonds. The van der Waals surface area contributed by atoms with Crippen LogP contribution in [0.2, 0.25) is 0 Å². The van der Waals surface area contributed by atoms with E-state index in [4.69, 9.17) is 9.15 Å². The van der Waals surface area contributed by atoms with E-state index in [9.17, 15) is 9.18 Å². The van der Waals surface area contributed by atoms with E-state index >= 15 is 0 Å². The minimum Gasteiger partial charge on any atom is -0.465 e. The lowest BCUT2D eigenvalue weighted by Crippen LogP contribution is -2.43. The van der Waals surface area contributed by atoms with Gasteiger partial charge in [0.15, 0.2) is 0 Å². The first-order valence-corrected chi connectivity index (χ1v) is 10.0. The molecule has 0 aliphatic carbocycles. The van der Waals surface area contributed by atoms with Crippen molar-refractivity contribution in [2.24, 2.45) is 0 Å². The third kappa shape index (κ3) is 4.15. The van der Waals surface area contributed by atoms with E-state index in [1.165, 1.54) is 16.9 Å². The second-order valence-corrected chi connectivity index (χ2v) is 7.33. The number of nitrogens with zero attached hydrogens (tertiary/aromatic N) is 3. The number of aryl methyl sites for hydroxylation is 1. The first-order valence-electron chi connectivity index (χ1n) is 10.0. The summed E-state index contributed by atoms with van der Waals surface area (Å²) in [6, 6.07) is 10.1. The van der Waals surface area contributed by atoms with Crippen molar-refractivity contribution in [3.05, 3.63) is 71.2 Å². The predicted molar refractivity (Wildman–Crippen MR) is 109 cm³/mol. The molecule has 3 heterocycles. The van der Waals surface area contributed by atoms with E-state index in [1.54, 1.807) is 25.1 Å². The SMILES string of the molecule is Cc1ccc(C(CNC(=O)c2cnn(-c3ccccc3F)c2C)N2CCOCC2)o1. The second-order valence-electron chi connectivity index (χ2n) is 7.33. The van der Waals surface area contributed by atoms with Gasteiger partial charge < -0.3 is 14.5 Å². The Morgan fingerprint density at radius 1 is 1.20 bits per heavy atom. The van der Waals surface area contributed by atoms with Crippen molar-refractivity contribution < 1.29 is 18.3 Å². The largest absolute Gasteiger partial charge is 0.465 e. The number of benzene rings is 1. The summed E-state index contributed by atoms with van der Waals surface area (Å²) in [5, 5.41) is 7.21. The van der Waals surface area contributed by atoms with Crippen molar-refractivity contribution >= 4 is 5.91 Å². The summed E-state index contributed by atoms with van der Waals surface area (Å²) in [5.41, 5.74) is 1.30. The van der Waals surface area contributed by atoms with Gasteiger partial charge in [0, 0.05) is 19.6 Å². The van der Waals surface area contributed by atoms with Crippen LogP contribution in [0.25, 0.3) is 5.69 Å². The maximum Gasteiger partial charge on any atom is 0.254 e. The lowest BCUT2D eigenvalue weighted by molar-refractivity contribution is 0.0117. The Balaban J connectivity index is 1.51. The van der Waals surface area contributed by atoms with Gasteiger partial charge in [-0.3, -0.25) is 9.69 Å². The van der Waals surface area contributed by atoms with Gasteiger partial charge in [0.1, 0.15) is 23.0 Å². The fourth-order valence-electron chi connectivity index (χ4n) is 3.71. The smallest absolute Gasteiger partial charge is 0.254 e. The standard InChI is InChI=1S/C22H25FN4O3/c1-15-7-8-21(30-15)20(26-9-11-29-12-10-26)14-24-22(28)17-13-25-27(16(17)2)19-6-4-3-5-18(19)23/h3-8,13,20H,9-12,14H2,1-2H3,(H,24,28). The van der Waals surface area contributed by atoms with Crippen molar-refractivity contribution in [2.75, 3.05) is 32.8 Å². The first-order chi connectivity index (χ1) is 14.5. The molecule has 1 unspecified atom stereocenters. The molecule has 0 radical (unpaired) electrons. The van der Waals surface area contributed by atoms with Gasteiger partial charge in [-0.2, -0.15) is 5.10 Å². The fourth-order valence-corrected chi connectivity index (χ4v) is 3.71. The van der Waals surface area contributed by atoms with Crippen molar-refractivity contribution in [3.8, 4) is 5.69 Å². The van der Waals surface area contributed by atoms with E-state index in [2.05, 4.69) is 15.3 Å². The Morgan fingerprint density at radius 2 is 1.97 bits per heavy atom. The third-order valence-corrected chi connectivity index (χ3v) is 5.37. The quantitative estimate of drug-likeness (QED) is 0.674. The molecule has 8 heteroatoms. The number of aromatic nitrogens is 2. The summed E-state index contributed by atoms with van der Waals surface area (Å²) in [6.07, 6.45) is 1.47.